The number of halogens is 2. The number of ketones is 1. The van der Waals surface area contributed by atoms with Crippen LogP contribution < -0.4 is 4.90 Å². The minimum atomic E-state index is -0.845. The molecule has 0 radical (unpaired) electrons. The van der Waals surface area contributed by atoms with Crippen molar-refractivity contribution in [2.45, 2.75) is 13.0 Å². The zero-order valence-corrected chi connectivity index (χ0v) is 17.5. The van der Waals surface area contributed by atoms with E-state index in [-0.39, 0.29) is 11.3 Å². The summed E-state index contributed by atoms with van der Waals surface area (Å²) in [5.41, 5.74) is 2.59. The van der Waals surface area contributed by atoms with E-state index >= 15 is 0 Å². The molecule has 0 saturated carbocycles. The van der Waals surface area contributed by atoms with Gasteiger partial charge in [-0.2, -0.15) is 0 Å². The lowest BCUT2D eigenvalue weighted by molar-refractivity contribution is -0.132. The average Bonchev–Trinajstić information content (AvgIpc) is 3.02. The van der Waals surface area contributed by atoms with Crippen LogP contribution >= 0.6 is 23.2 Å². The maximum absolute atomic E-state index is 13.0. The molecule has 3 aromatic carbocycles. The molecule has 4 nitrogen and oxygen atoms in total. The van der Waals surface area contributed by atoms with Crippen molar-refractivity contribution in [2.24, 2.45) is 0 Å². The number of aryl methyl sites for hydroxylation is 1. The number of hydrogen-bond donors (Lipinski definition) is 1. The van der Waals surface area contributed by atoms with Crippen molar-refractivity contribution in [1.29, 1.82) is 0 Å². The molecule has 1 aliphatic heterocycles. The number of Topliss-reactive ketones (excluding diaryl/α,β-unsaturated/α-hetero) is 1. The Kier molecular flexibility index (Phi) is 5.37. The highest BCUT2D eigenvalue weighted by atomic mass is 35.5. The van der Waals surface area contributed by atoms with E-state index in [0.717, 1.165) is 5.56 Å². The summed E-state index contributed by atoms with van der Waals surface area (Å²) < 4.78 is 0. The monoisotopic (exact) mass is 437 g/mol. The Morgan fingerprint density at radius 1 is 0.900 bits per heavy atom. The van der Waals surface area contributed by atoms with Gasteiger partial charge in [0.1, 0.15) is 5.76 Å². The number of aliphatic hydroxyl groups excluding tert-OH is 1. The fourth-order valence-corrected chi connectivity index (χ4v) is 3.86. The Bertz CT molecular complexity index is 1170. The smallest absolute Gasteiger partial charge is 0.300 e. The van der Waals surface area contributed by atoms with Crippen molar-refractivity contribution in [1.82, 2.24) is 0 Å². The van der Waals surface area contributed by atoms with Gasteiger partial charge in [-0.3, -0.25) is 14.5 Å². The molecule has 1 saturated heterocycles. The fraction of sp³-hybridized carbons (Fsp3) is 0.0833. The molecule has 0 aliphatic carbocycles. The summed E-state index contributed by atoms with van der Waals surface area (Å²) in [6, 6.07) is 20.0. The Labute approximate surface area is 184 Å². The van der Waals surface area contributed by atoms with Gasteiger partial charge in [-0.15, -0.1) is 0 Å². The van der Waals surface area contributed by atoms with Crippen LogP contribution in [0.25, 0.3) is 5.76 Å². The summed E-state index contributed by atoms with van der Waals surface area (Å²) in [7, 11) is 0. The normalized spacial score (nSPS) is 18.1. The molecule has 1 heterocycles. The predicted octanol–water partition coefficient (Wildman–Crippen LogP) is 5.93. The number of hydrogen-bond acceptors (Lipinski definition) is 3. The Morgan fingerprint density at radius 2 is 1.57 bits per heavy atom. The van der Waals surface area contributed by atoms with Gasteiger partial charge in [0.05, 0.1) is 21.7 Å². The van der Waals surface area contributed by atoms with Crippen molar-refractivity contribution >= 4 is 46.3 Å². The third kappa shape index (κ3) is 3.49. The minimum absolute atomic E-state index is 0.00478. The molecule has 30 heavy (non-hydrogen) atoms. The lowest BCUT2D eigenvalue weighted by Crippen LogP contribution is -2.29. The van der Waals surface area contributed by atoms with Crippen molar-refractivity contribution < 1.29 is 14.7 Å². The van der Waals surface area contributed by atoms with E-state index in [1.54, 1.807) is 60.7 Å². The number of nitrogens with zero attached hydrogens (tertiary/aromatic N) is 1. The van der Waals surface area contributed by atoms with Gasteiger partial charge in [-0.25, -0.2) is 0 Å². The van der Waals surface area contributed by atoms with Crippen molar-refractivity contribution in [3.8, 4) is 0 Å². The van der Waals surface area contributed by atoms with Crippen LogP contribution in [0.15, 0.2) is 78.4 Å². The van der Waals surface area contributed by atoms with Crippen LogP contribution in [0.2, 0.25) is 10.0 Å². The van der Waals surface area contributed by atoms with Crippen LogP contribution in [-0.2, 0) is 9.59 Å². The van der Waals surface area contributed by atoms with Crippen LogP contribution in [0.3, 0.4) is 0 Å². The van der Waals surface area contributed by atoms with Gasteiger partial charge in [0.25, 0.3) is 11.7 Å². The first-order valence-electron chi connectivity index (χ1n) is 9.26. The summed E-state index contributed by atoms with van der Waals surface area (Å²) in [5, 5.41) is 11.6. The Hall–Kier alpha value is -3.08. The third-order valence-electron chi connectivity index (χ3n) is 5.06. The van der Waals surface area contributed by atoms with Gasteiger partial charge in [-0.05, 0) is 36.8 Å². The topological polar surface area (TPSA) is 57.6 Å². The molecule has 3 aromatic rings. The summed E-state index contributed by atoms with van der Waals surface area (Å²) in [5.74, 6) is -1.71. The zero-order chi connectivity index (χ0) is 21.4. The largest absolute Gasteiger partial charge is 0.507 e. The number of anilines is 1. The summed E-state index contributed by atoms with van der Waals surface area (Å²) in [6.07, 6.45) is 0. The lowest BCUT2D eigenvalue weighted by atomic mass is 9.95. The van der Waals surface area contributed by atoms with Crippen LogP contribution in [0, 0.1) is 6.92 Å². The predicted molar refractivity (Wildman–Crippen MR) is 119 cm³/mol. The van der Waals surface area contributed by atoms with Crippen LogP contribution in [0.4, 0.5) is 5.69 Å². The first-order chi connectivity index (χ1) is 14.4. The standard InChI is InChI=1S/C24H17Cl2NO3/c1-14-7-10-17(11-8-14)27-21(16-9-12-18(25)19(26)13-16)20(23(29)24(27)30)22(28)15-5-3-2-4-6-15/h2-13,21,28H,1H3/b22-20-. The Morgan fingerprint density at radius 3 is 2.20 bits per heavy atom. The van der Waals surface area contributed by atoms with Crippen molar-refractivity contribution in [2.75, 3.05) is 4.90 Å². The quantitative estimate of drug-likeness (QED) is 0.313. The number of carbonyl (C=O) groups excluding carboxylic acids is 2. The maximum atomic E-state index is 13.0. The first kappa shape index (κ1) is 20.2. The summed E-state index contributed by atoms with van der Waals surface area (Å²) >= 11 is 12.3. The molecular weight excluding hydrogens is 421 g/mol. The SMILES string of the molecule is Cc1ccc(N2C(=O)C(=O)/C(=C(\O)c3ccccc3)C2c2ccc(Cl)c(Cl)c2)cc1. The first-order valence-corrected chi connectivity index (χ1v) is 10.0. The molecule has 4 rings (SSSR count). The van der Waals surface area contributed by atoms with Gasteiger partial charge in [0.2, 0.25) is 0 Å². The van der Waals surface area contributed by atoms with Gasteiger partial charge in [0, 0.05) is 11.3 Å². The average molecular weight is 438 g/mol. The Balaban J connectivity index is 1.96. The summed E-state index contributed by atoms with van der Waals surface area (Å²) in [6.45, 7) is 1.93. The van der Waals surface area contributed by atoms with Gasteiger partial charge < -0.3 is 5.11 Å². The van der Waals surface area contributed by atoms with Gasteiger partial charge in [-0.1, -0.05) is 77.3 Å². The van der Waals surface area contributed by atoms with Crippen molar-refractivity contribution in [3.05, 3.63) is 105 Å². The van der Waals surface area contributed by atoms with E-state index in [2.05, 4.69) is 0 Å². The maximum Gasteiger partial charge on any atom is 0.300 e. The highest BCUT2D eigenvalue weighted by molar-refractivity contribution is 6.51. The highest BCUT2D eigenvalue weighted by Gasteiger charge is 2.47. The number of benzene rings is 3. The molecule has 150 valence electrons. The highest BCUT2D eigenvalue weighted by Crippen LogP contribution is 2.43. The van der Waals surface area contributed by atoms with Gasteiger partial charge >= 0.3 is 0 Å². The fourth-order valence-electron chi connectivity index (χ4n) is 3.55. The number of amides is 1. The molecule has 1 fully saturated rings. The zero-order valence-electron chi connectivity index (χ0n) is 16.0. The van der Waals surface area contributed by atoms with Crippen LogP contribution in [0.1, 0.15) is 22.7 Å². The van der Waals surface area contributed by atoms with Crippen LogP contribution in [-0.4, -0.2) is 16.8 Å². The molecule has 1 N–H and O–H groups in total. The minimum Gasteiger partial charge on any atom is -0.507 e. The van der Waals surface area contributed by atoms with E-state index in [1.165, 1.54) is 4.90 Å². The third-order valence-corrected chi connectivity index (χ3v) is 5.80. The second-order valence-corrected chi connectivity index (χ2v) is 7.86. The second kappa shape index (κ2) is 7.98. The molecule has 6 heteroatoms. The number of carbonyl (C=O) groups is 2. The van der Waals surface area contributed by atoms with Gasteiger partial charge in [0.15, 0.2) is 0 Å². The van der Waals surface area contributed by atoms with E-state index in [4.69, 9.17) is 23.2 Å². The molecule has 0 aromatic heterocycles. The summed E-state index contributed by atoms with van der Waals surface area (Å²) in [4.78, 5) is 27.5. The van der Waals surface area contributed by atoms with E-state index in [9.17, 15) is 14.7 Å². The molecule has 1 amide bonds. The molecule has 0 bridgehead atoms. The molecule has 1 unspecified atom stereocenters. The molecule has 1 atom stereocenters. The molecule has 1 aliphatic rings. The second-order valence-electron chi connectivity index (χ2n) is 7.04. The number of rotatable bonds is 3. The van der Waals surface area contributed by atoms with E-state index in [1.807, 2.05) is 19.1 Å². The van der Waals surface area contributed by atoms with Crippen LogP contribution in [0.5, 0.6) is 0 Å². The number of aliphatic hydroxyl groups is 1. The van der Waals surface area contributed by atoms with E-state index < -0.39 is 17.7 Å². The lowest BCUT2D eigenvalue weighted by Gasteiger charge is -2.25. The molecular formula is C24H17Cl2NO3. The molecule has 0 spiro atoms. The van der Waals surface area contributed by atoms with E-state index in [0.29, 0.717) is 26.9 Å². The van der Waals surface area contributed by atoms with Crippen molar-refractivity contribution in [3.63, 3.8) is 0 Å².